The van der Waals surface area contributed by atoms with Gasteiger partial charge in [-0.3, -0.25) is 0 Å². The molecule has 0 radical (unpaired) electrons. The molecular weight excluding hydrogens is 286 g/mol. The molecule has 0 unspecified atom stereocenters. The molecule has 3 atom stereocenters. The molecule has 1 aromatic heterocycles. The first-order chi connectivity index (χ1) is 11.2. The molecule has 0 amide bonds. The molecule has 4 rings (SSSR count). The van der Waals surface area contributed by atoms with Gasteiger partial charge >= 0.3 is 0 Å². The van der Waals surface area contributed by atoms with Crippen LogP contribution in [-0.4, -0.2) is 28.7 Å². The van der Waals surface area contributed by atoms with Gasteiger partial charge in [0.2, 0.25) is 0 Å². The lowest BCUT2D eigenvalue weighted by molar-refractivity contribution is 0.0299. The summed E-state index contributed by atoms with van der Waals surface area (Å²) in [5.74, 6) is 1.91. The topological polar surface area (TPSA) is 38.2 Å². The first-order valence-electron chi connectivity index (χ1n) is 8.50. The Hall–Kier alpha value is -1.94. The van der Waals surface area contributed by atoms with Gasteiger partial charge < -0.3 is 9.64 Å². The fourth-order valence-electron chi connectivity index (χ4n) is 3.96. The second-order valence-electron chi connectivity index (χ2n) is 6.63. The molecule has 4 heteroatoms. The smallest absolute Gasteiger partial charge is 0.132 e. The highest BCUT2D eigenvalue weighted by atomic mass is 16.5. The first-order valence-corrected chi connectivity index (χ1v) is 8.50. The largest absolute Gasteiger partial charge is 0.368 e. The van der Waals surface area contributed by atoms with Crippen LogP contribution in [-0.2, 0) is 4.74 Å². The summed E-state index contributed by atoms with van der Waals surface area (Å²) in [7, 11) is 0. The van der Waals surface area contributed by atoms with Gasteiger partial charge in [-0.05, 0) is 32.3 Å². The molecule has 0 spiro atoms. The molecule has 0 bridgehead atoms. The summed E-state index contributed by atoms with van der Waals surface area (Å²) in [6.45, 7) is 5.06. The SMILES string of the molecule is Cc1cc(N2CCC[C@@H]3O[C@H](c4ccccc4)C[C@@H]32)nc(C)n1. The van der Waals surface area contributed by atoms with Gasteiger partial charge in [0.25, 0.3) is 0 Å². The van der Waals surface area contributed by atoms with E-state index in [9.17, 15) is 0 Å². The fraction of sp³-hybridized carbons (Fsp3) is 0.474. The summed E-state index contributed by atoms with van der Waals surface area (Å²) in [5, 5.41) is 0. The van der Waals surface area contributed by atoms with Crippen LogP contribution in [0.25, 0.3) is 0 Å². The van der Waals surface area contributed by atoms with Gasteiger partial charge in [0.15, 0.2) is 0 Å². The molecule has 23 heavy (non-hydrogen) atoms. The molecule has 4 nitrogen and oxygen atoms in total. The van der Waals surface area contributed by atoms with E-state index in [1.165, 1.54) is 5.56 Å². The van der Waals surface area contributed by atoms with Gasteiger partial charge in [0, 0.05) is 24.7 Å². The van der Waals surface area contributed by atoms with Crippen LogP contribution >= 0.6 is 0 Å². The van der Waals surface area contributed by atoms with Crippen molar-refractivity contribution in [1.29, 1.82) is 0 Å². The molecule has 0 N–H and O–H groups in total. The Balaban J connectivity index is 1.61. The number of rotatable bonds is 2. The minimum atomic E-state index is 0.204. The normalized spacial score (nSPS) is 27.0. The Morgan fingerprint density at radius 3 is 2.74 bits per heavy atom. The Labute approximate surface area is 137 Å². The third-order valence-corrected chi connectivity index (χ3v) is 4.93. The summed E-state index contributed by atoms with van der Waals surface area (Å²) in [4.78, 5) is 11.5. The Morgan fingerprint density at radius 1 is 1.13 bits per heavy atom. The molecule has 2 aromatic rings. The van der Waals surface area contributed by atoms with Crippen molar-refractivity contribution >= 4 is 5.82 Å². The average molecular weight is 309 g/mol. The molecule has 1 aromatic carbocycles. The predicted octanol–water partition coefficient (Wildman–Crippen LogP) is 3.59. The van der Waals surface area contributed by atoms with E-state index in [4.69, 9.17) is 4.74 Å². The van der Waals surface area contributed by atoms with Crippen LogP contribution < -0.4 is 4.90 Å². The van der Waals surface area contributed by atoms with Crippen molar-refractivity contribution in [3.05, 3.63) is 53.5 Å². The zero-order valence-electron chi connectivity index (χ0n) is 13.8. The number of fused-ring (bicyclic) bond motifs is 1. The van der Waals surface area contributed by atoms with Crippen molar-refractivity contribution in [3.8, 4) is 0 Å². The van der Waals surface area contributed by atoms with E-state index in [1.807, 2.05) is 13.8 Å². The first kappa shape index (κ1) is 14.6. The van der Waals surface area contributed by atoms with Crippen LogP contribution in [0.3, 0.4) is 0 Å². The van der Waals surface area contributed by atoms with Crippen LogP contribution in [0, 0.1) is 13.8 Å². The van der Waals surface area contributed by atoms with E-state index in [2.05, 4.69) is 51.3 Å². The van der Waals surface area contributed by atoms with E-state index >= 15 is 0 Å². The summed E-state index contributed by atoms with van der Waals surface area (Å²) in [5.41, 5.74) is 2.32. The second kappa shape index (κ2) is 5.93. The van der Waals surface area contributed by atoms with Crippen molar-refractivity contribution in [3.63, 3.8) is 0 Å². The van der Waals surface area contributed by atoms with Crippen LogP contribution in [0.1, 0.15) is 42.4 Å². The average Bonchev–Trinajstić information content (AvgIpc) is 2.99. The third-order valence-electron chi connectivity index (χ3n) is 4.93. The van der Waals surface area contributed by atoms with Gasteiger partial charge in [-0.25, -0.2) is 9.97 Å². The number of hydrogen-bond donors (Lipinski definition) is 0. The molecule has 3 heterocycles. The number of aryl methyl sites for hydroxylation is 2. The Morgan fingerprint density at radius 2 is 1.96 bits per heavy atom. The lowest BCUT2D eigenvalue weighted by Gasteiger charge is -2.37. The Bertz CT molecular complexity index is 668. The van der Waals surface area contributed by atoms with Gasteiger partial charge in [0.05, 0.1) is 18.2 Å². The van der Waals surface area contributed by atoms with Crippen LogP contribution in [0.2, 0.25) is 0 Å². The number of ether oxygens (including phenoxy) is 1. The zero-order chi connectivity index (χ0) is 15.8. The lowest BCUT2D eigenvalue weighted by Crippen LogP contribution is -2.46. The molecule has 2 saturated heterocycles. The molecular formula is C19H23N3O. The molecule has 120 valence electrons. The minimum absolute atomic E-state index is 0.204. The van der Waals surface area contributed by atoms with Crippen molar-refractivity contribution < 1.29 is 4.74 Å². The number of aromatic nitrogens is 2. The van der Waals surface area contributed by atoms with Gasteiger partial charge in [0.1, 0.15) is 11.6 Å². The predicted molar refractivity (Wildman–Crippen MR) is 90.5 cm³/mol. The van der Waals surface area contributed by atoms with Crippen molar-refractivity contribution in [1.82, 2.24) is 9.97 Å². The maximum Gasteiger partial charge on any atom is 0.132 e. The zero-order valence-corrected chi connectivity index (χ0v) is 13.8. The molecule has 2 fully saturated rings. The molecule has 0 aliphatic carbocycles. The van der Waals surface area contributed by atoms with Gasteiger partial charge in [-0.15, -0.1) is 0 Å². The summed E-state index contributed by atoms with van der Waals surface area (Å²) in [6.07, 6.45) is 3.86. The maximum atomic E-state index is 6.38. The highest BCUT2D eigenvalue weighted by Crippen LogP contribution is 2.40. The van der Waals surface area contributed by atoms with E-state index in [0.717, 1.165) is 43.1 Å². The summed E-state index contributed by atoms with van der Waals surface area (Å²) < 4.78 is 6.38. The number of benzene rings is 1. The number of hydrogen-bond acceptors (Lipinski definition) is 4. The lowest BCUT2D eigenvalue weighted by atomic mass is 9.95. The van der Waals surface area contributed by atoms with Gasteiger partial charge in [-0.1, -0.05) is 30.3 Å². The van der Waals surface area contributed by atoms with Crippen LogP contribution in [0.5, 0.6) is 0 Å². The van der Waals surface area contributed by atoms with Crippen LogP contribution in [0.4, 0.5) is 5.82 Å². The van der Waals surface area contributed by atoms with Crippen molar-refractivity contribution in [2.24, 2.45) is 0 Å². The Kier molecular flexibility index (Phi) is 3.77. The molecule has 2 aliphatic heterocycles. The quantitative estimate of drug-likeness (QED) is 0.849. The third kappa shape index (κ3) is 2.83. The number of nitrogens with zero attached hydrogens (tertiary/aromatic N) is 3. The van der Waals surface area contributed by atoms with Crippen LogP contribution in [0.15, 0.2) is 36.4 Å². The van der Waals surface area contributed by atoms with Gasteiger partial charge in [-0.2, -0.15) is 0 Å². The highest BCUT2D eigenvalue weighted by molar-refractivity contribution is 5.43. The standard InChI is InChI=1S/C19H23N3O/c1-13-11-19(21-14(2)20-13)22-10-6-9-17-16(22)12-18(23-17)15-7-4-3-5-8-15/h3-5,7-8,11,16-18H,6,9-10,12H2,1-2H3/t16-,17-,18-/m0/s1. The number of anilines is 1. The summed E-state index contributed by atoms with van der Waals surface area (Å²) >= 11 is 0. The van der Waals surface area contributed by atoms with Crippen molar-refractivity contribution in [2.45, 2.75) is 51.4 Å². The number of piperidine rings is 1. The second-order valence-corrected chi connectivity index (χ2v) is 6.63. The molecule has 0 saturated carbocycles. The van der Waals surface area contributed by atoms with Crippen molar-refractivity contribution in [2.75, 3.05) is 11.4 Å². The fourth-order valence-corrected chi connectivity index (χ4v) is 3.96. The van der Waals surface area contributed by atoms with E-state index < -0.39 is 0 Å². The molecule has 2 aliphatic rings. The monoisotopic (exact) mass is 309 g/mol. The minimum Gasteiger partial charge on any atom is -0.368 e. The van der Waals surface area contributed by atoms with E-state index in [1.54, 1.807) is 0 Å². The summed E-state index contributed by atoms with van der Waals surface area (Å²) in [6, 6.07) is 13.1. The highest BCUT2D eigenvalue weighted by Gasteiger charge is 2.42. The maximum absolute atomic E-state index is 6.38. The van der Waals surface area contributed by atoms with E-state index in [-0.39, 0.29) is 6.10 Å². The van der Waals surface area contributed by atoms with E-state index in [0.29, 0.717) is 12.1 Å².